The van der Waals surface area contributed by atoms with Crippen molar-refractivity contribution in [3.8, 4) is 0 Å². The molecule has 0 aromatic carbocycles. The van der Waals surface area contributed by atoms with Gasteiger partial charge in [0.2, 0.25) is 0 Å². The van der Waals surface area contributed by atoms with Crippen molar-refractivity contribution in [3.63, 3.8) is 0 Å². The normalized spacial score (nSPS) is 14.6. The third-order valence-corrected chi connectivity index (χ3v) is 2.19. The standard InChI is InChI=1S/C11H21N/c1-8(2)10(5)7-12-11(6)9(3)4/h7-10H,6H2,1-5H3. The molecule has 0 rings (SSSR count). The van der Waals surface area contributed by atoms with Crippen molar-refractivity contribution < 1.29 is 0 Å². The summed E-state index contributed by atoms with van der Waals surface area (Å²) in [6, 6.07) is 0. The van der Waals surface area contributed by atoms with Gasteiger partial charge in [0.25, 0.3) is 0 Å². The van der Waals surface area contributed by atoms with E-state index in [0.29, 0.717) is 17.8 Å². The Morgan fingerprint density at radius 2 is 1.67 bits per heavy atom. The fourth-order valence-electron chi connectivity index (χ4n) is 0.535. The Bertz CT molecular complexity index is 166. The second-order valence-electron chi connectivity index (χ2n) is 4.03. The number of hydrogen-bond donors (Lipinski definition) is 0. The molecule has 0 bridgehead atoms. The van der Waals surface area contributed by atoms with Crippen molar-refractivity contribution >= 4 is 6.21 Å². The van der Waals surface area contributed by atoms with Gasteiger partial charge < -0.3 is 0 Å². The second-order valence-corrected chi connectivity index (χ2v) is 4.03. The average Bonchev–Trinajstić information content (AvgIpc) is 1.98. The largest absolute Gasteiger partial charge is 0.266 e. The fraction of sp³-hybridized carbons (Fsp3) is 0.727. The summed E-state index contributed by atoms with van der Waals surface area (Å²) in [5, 5.41) is 0. The van der Waals surface area contributed by atoms with E-state index in [2.05, 4.69) is 46.2 Å². The van der Waals surface area contributed by atoms with Crippen LogP contribution in [0.2, 0.25) is 0 Å². The first-order valence-corrected chi connectivity index (χ1v) is 4.68. The van der Waals surface area contributed by atoms with E-state index < -0.39 is 0 Å². The third-order valence-electron chi connectivity index (χ3n) is 2.19. The molecule has 0 spiro atoms. The summed E-state index contributed by atoms with van der Waals surface area (Å²) in [6.45, 7) is 14.7. The van der Waals surface area contributed by atoms with Gasteiger partial charge in [0.05, 0.1) is 0 Å². The molecule has 0 heterocycles. The van der Waals surface area contributed by atoms with Crippen LogP contribution in [0.1, 0.15) is 34.6 Å². The molecule has 1 unspecified atom stereocenters. The van der Waals surface area contributed by atoms with E-state index >= 15 is 0 Å². The van der Waals surface area contributed by atoms with Gasteiger partial charge in [-0.15, -0.1) is 0 Å². The lowest BCUT2D eigenvalue weighted by Crippen LogP contribution is -2.05. The van der Waals surface area contributed by atoms with E-state index in [1.165, 1.54) is 0 Å². The van der Waals surface area contributed by atoms with Crippen LogP contribution in [-0.2, 0) is 0 Å². The van der Waals surface area contributed by atoms with Crippen LogP contribution in [-0.4, -0.2) is 6.21 Å². The van der Waals surface area contributed by atoms with Crippen molar-refractivity contribution in [3.05, 3.63) is 12.3 Å². The Morgan fingerprint density at radius 1 is 1.17 bits per heavy atom. The second kappa shape index (κ2) is 5.13. The summed E-state index contributed by atoms with van der Waals surface area (Å²) in [6.07, 6.45) is 2.01. The minimum absolute atomic E-state index is 0.459. The molecule has 0 fully saturated rings. The van der Waals surface area contributed by atoms with Gasteiger partial charge in [-0.25, -0.2) is 0 Å². The summed E-state index contributed by atoms with van der Waals surface area (Å²) in [5.41, 5.74) is 0.975. The molecule has 0 N–H and O–H groups in total. The molecule has 0 aromatic heterocycles. The van der Waals surface area contributed by atoms with Gasteiger partial charge in [-0.1, -0.05) is 41.2 Å². The van der Waals surface area contributed by atoms with E-state index in [4.69, 9.17) is 0 Å². The van der Waals surface area contributed by atoms with E-state index in [1.807, 2.05) is 6.21 Å². The first-order valence-electron chi connectivity index (χ1n) is 4.68. The highest BCUT2D eigenvalue weighted by Crippen LogP contribution is 2.11. The Hall–Kier alpha value is -0.590. The molecule has 70 valence electrons. The van der Waals surface area contributed by atoms with Crippen molar-refractivity contribution in [1.29, 1.82) is 0 Å². The molecule has 0 saturated carbocycles. The summed E-state index contributed by atoms with van der Waals surface area (Å²) in [5.74, 6) is 1.66. The molecule has 12 heavy (non-hydrogen) atoms. The van der Waals surface area contributed by atoms with Crippen LogP contribution in [0.5, 0.6) is 0 Å². The van der Waals surface area contributed by atoms with Gasteiger partial charge in [-0.05, 0) is 17.8 Å². The minimum atomic E-state index is 0.459. The van der Waals surface area contributed by atoms with E-state index in [0.717, 1.165) is 5.70 Å². The highest BCUT2D eigenvalue weighted by molar-refractivity contribution is 5.61. The average molecular weight is 167 g/mol. The molecular weight excluding hydrogens is 146 g/mol. The lowest BCUT2D eigenvalue weighted by Gasteiger charge is -2.10. The SMILES string of the molecule is C=C(N=CC(C)C(C)C)C(C)C. The lowest BCUT2D eigenvalue weighted by molar-refractivity contribution is 0.539. The van der Waals surface area contributed by atoms with Gasteiger partial charge in [0.15, 0.2) is 0 Å². The first-order chi connectivity index (χ1) is 5.45. The van der Waals surface area contributed by atoms with E-state index in [-0.39, 0.29) is 0 Å². The van der Waals surface area contributed by atoms with Crippen LogP contribution >= 0.6 is 0 Å². The highest BCUT2D eigenvalue weighted by Gasteiger charge is 2.03. The van der Waals surface area contributed by atoms with Crippen molar-refractivity contribution in [1.82, 2.24) is 0 Å². The molecule has 1 atom stereocenters. The van der Waals surface area contributed by atoms with Gasteiger partial charge in [0, 0.05) is 11.9 Å². The predicted octanol–water partition coefficient (Wildman–Crippen LogP) is 3.52. The van der Waals surface area contributed by atoms with Crippen molar-refractivity contribution in [2.45, 2.75) is 34.6 Å². The number of rotatable bonds is 4. The fourth-order valence-corrected chi connectivity index (χ4v) is 0.535. The molecular formula is C11H21N. The Kier molecular flexibility index (Phi) is 4.87. The third kappa shape index (κ3) is 4.32. The van der Waals surface area contributed by atoms with Crippen LogP contribution in [0.25, 0.3) is 0 Å². The molecule has 0 radical (unpaired) electrons. The zero-order valence-electron chi connectivity index (χ0n) is 8.96. The highest BCUT2D eigenvalue weighted by atomic mass is 14.7. The Labute approximate surface area is 76.6 Å². The van der Waals surface area contributed by atoms with E-state index in [9.17, 15) is 0 Å². The minimum Gasteiger partial charge on any atom is -0.266 e. The smallest absolute Gasteiger partial charge is 0.0353 e. The van der Waals surface area contributed by atoms with Gasteiger partial charge in [-0.3, -0.25) is 4.99 Å². The molecule has 0 aliphatic rings. The lowest BCUT2D eigenvalue weighted by atomic mass is 10.00. The number of aliphatic imine (C=N–C) groups is 1. The first kappa shape index (κ1) is 11.4. The zero-order chi connectivity index (χ0) is 9.72. The Balaban J connectivity index is 3.98. The topological polar surface area (TPSA) is 12.4 Å². The van der Waals surface area contributed by atoms with Crippen molar-refractivity contribution in [2.24, 2.45) is 22.7 Å². The van der Waals surface area contributed by atoms with Crippen LogP contribution in [0.4, 0.5) is 0 Å². The van der Waals surface area contributed by atoms with E-state index in [1.54, 1.807) is 0 Å². The number of nitrogens with zero attached hydrogens (tertiary/aromatic N) is 1. The maximum Gasteiger partial charge on any atom is 0.0353 e. The van der Waals surface area contributed by atoms with Gasteiger partial charge >= 0.3 is 0 Å². The molecule has 0 saturated heterocycles. The van der Waals surface area contributed by atoms with Gasteiger partial charge in [0.1, 0.15) is 0 Å². The monoisotopic (exact) mass is 167 g/mol. The van der Waals surface area contributed by atoms with Crippen LogP contribution in [0.15, 0.2) is 17.3 Å². The molecule has 0 amide bonds. The van der Waals surface area contributed by atoms with Crippen LogP contribution in [0.3, 0.4) is 0 Å². The summed E-state index contributed by atoms with van der Waals surface area (Å²) < 4.78 is 0. The molecule has 0 aliphatic carbocycles. The van der Waals surface area contributed by atoms with Crippen molar-refractivity contribution in [2.75, 3.05) is 0 Å². The zero-order valence-corrected chi connectivity index (χ0v) is 8.96. The quantitative estimate of drug-likeness (QED) is 0.568. The molecule has 0 aromatic rings. The summed E-state index contributed by atoms with van der Waals surface area (Å²) >= 11 is 0. The summed E-state index contributed by atoms with van der Waals surface area (Å²) in [4.78, 5) is 4.33. The van der Waals surface area contributed by atoms with Crippen LogP contribution < -0.4 is 0 Å². The Morgan fingerprint density at radius 3 is 2.00 bits per heavy atom. The van der Waals surface area contributed by atoms with Crippen LogP contribution in [0, 0.1) is 17.8 Å². The molecule has 1 nitrogen and oxygen atoms in total. The number of hydrogen-bond acceptors (Lipinski definition) is 1. The molecule has 0 aliphatic heterocycles. The van der Waals surface area contributed by atoms with Gasteiger partial charge in [-0.2, -0.15) is 0 Å². The predicted molar refractivity (Wildman–Crippen MR) is 56.5 cm³/mol. The maximum absolute atomic E-state index is 4.33. The maximum atomic E-state index is 4.33. The number of allylic oxidation sites excluding steroid dienone is 1. The summed E-state index contributed by atoms with van der Waals surface area (Å²) in [7, 11) is 0. The molecule has 1 heteroatoms.